The summed E-state index contributed by atoms with van der Waals surface area (Å²) < 4.78 is 13.9. The van der Waals surface area contributed by atoms with Gasteiger partial charge in [0.2, 0.25) is 0 Å². The summed E-state index contributed by atoms with van der Waals surface area (Å²) in [6.45, 7) is 2.21. The van der Waals surface area contributed by atoms with E-state index in [1.54, 1.807) is 6.92 Å². The third-order valence-electron chi connectivity index (χ3n) is 4.07. The molecule has 3 nitrogen and oxygen atoms in total. The van der Waals surface area contributed by atoms with Gasteiger partial charge in [-0.1, -0.05) is 25.7 Å². The second-order valence-corrected chi connectivity index (χ2v) is 5.75. The number of hydrogen-bond donors (Lipinski definition) is 2. The SMILES string of the molecule is Cc1cc(N)cc(C(=O)NCCCC2CCCC2)c1F. The molecule has 0 spiro atoms. The number of rotatable bonds is 5. The fraction of sp³-hybridized carbons (Fsp3) is 0.562. The number of nitrogens with two attached hydrogens (primary N) is 1. The third-order valence-corrected chi connectivity index (χ3v) is 4.07. The van der Waals surface area contributed by atoms with Crippen LogP contribution in [0.2, 0.25) is 0 Å². The van der Waals surface area contributed by atoms with Crippen molar-refractivity contribution < 1.29 is 9.18 Å². The molecule has 1 aliphatic rings. The maximum absolute atomic E-state index is 13.9. The van der Waals surface area contributed by atoms with Gasteiger partial charge in [-0.2, -0.15) is 0 Å². The molecule has 0 heterocycles. The molecule has 110 valence electrons. The van der Waals surface area contributed by atoms with E-state index in [0.717, 1.165) is 18.8 Å². The van der Waals surface area contributed by atoms with Gasteiger partial charge in [0, 0.05) is 12.2 Å². The van der Waals surface area contributed by atoms with Crippen molar-refractivity contribution in [2.75, 3.05) is 12.3 Å². The number of nitrogen functional groups attached to an aromatic ring is 1. The van der Waals surface area contributed by atoms with E-state index in [4.69, 9.17) is 5.73 Å². The zero-order valence-corrected chi connectivity index (χ0v) is 12.0. The van der Waals surface area contributed by atoms with Crippen LogP contribution in [-0.2, 0) is 0 Å². The van der Waals surface area contributed by atoms with Crippen LogP contribution in [0.4, 0.5) is 10.1 Å². The Hall–Kier alpha value is -1.58. The molecule has 1 aliphatic carbocycles. The fourth-order valence-corrected chi connectivity index (χ4v) is 2.95. The molecule has 0 aliphatic heterocycles. The van der Waals surface area contributed by atoms with Crippen molar-refractivity contribution in [1.29, 1.82) is 0 Å². The Morgan fingerprint density at radius 3 is 2.80 bits per heavy atom. The minimum Gasteiger partial charge on any atom is -0.399 e. The Labute approximate surface area is 119 Å². The van der Waals surface area contributed by atoms with Gasteiger partial charge in [-0.05, 0) is 43.4 Å². The average molecular weight is 278 g/mol. The van der Waals surface area contributed by atoms with Crippen LogP contribution >= 0.6 is 0 Å². The lowest BCUT2D eigenvalue weighted by Gasteiger charge is -2.11. The van der Waals surface area contributed by atoms with E-state index in [-0.39, 0.29) is 11.5 Å². The fourth-order valence-electron chi connectivity index (χ4n) is 2.95. The van der Waals surface area contributed by atoms with Crippen molar-refractivity contribution in [2.45, 2.75) is 45.4 Å². The highest BCUT2D eigenvalue weighted by molar-refractivity contribution is 5.95. The number of carbonyl (C=O) groups excluding carboxylic acids is 1. The molecule has 1 fully saturated rings. The van der Waals surface area contributed by atoms with Crippen LogP contribution in [0.15, 0.2) is 12.1 Å². The number of aryl methyl sites for hydroxylation is 1. The molecule has 0 unspecified atom stereocenters. The molecule has 0 aromatic heterocycles. The zero-order valence-electron chi connectivity index (χ0n) is 12.0. The van der Waals surface area contributed by atoms with Gasteiger partial charge in [-0.25, -0.2) is 4.39 Å². The lowest BCUT2D eigenvalue weighted by molar-refractivity contribution is 0.0948. The highest BCUT2D eigenvalue weighted by Gasteiger charge is 2.16. The van der Waals surface area contributed by atoms with Crippen LogP contribution in [0.5, 0.6) is 0 Å². The number of anilines is 1. The number of carbonyl (C=O) groups is 1. The van der Waals surface area contributed by atoms with Crippen LogP contribution in [0.25, 0.3) is 0 Å². The zero-order chi connectivity index (χ0) is 14.5. The largest absolute Gasteiger partial charge is 0.399 e. The molecule has 2 rings (SSSR count). The van der Waals surface area contributed by atoms with Crippen molar-refractivity contribution >= 4 is 11.6 Å². The minimum absolute atomic E-state index is 0.0448. The standard InChI is InChI=1S/C16H23FN2O/c1-11-9-13(18)10-14(15(11)17)16(20)19-8-4-7-12-5-2-3-6-12/h9-10,12H,2-8,18H2,1H3,(H,19,20). The Bertz CT molecular complexity index is 482. The smallest absolute Gasteiger partial charge is 0.254 e. The molecule has 1 saturated carbocycles. The average Bonchev–Trinajstić information content (AvgIpc) is 2.91. The first-order valence-corrected chi connectivity index (χ1v) is 7.41. The van der Waals surface area contributed by atoms with Gasteiger partial charge in [-0.15, -0.1) is 0 Å². The molecule has 0 radical (unpaired) electrons. The van der Waals surface area contributed by atoms with Crippen molar-refractivity contribution in [3.05, 3.63) is 29.1 Å². The van der Waals surface area contributed by atoms with Crippen LogP contribution in [0, 0.1) is 18.7 Å². The van der Waals surface area contributed by atoms with Crippen LogP contribution in [-0.4, -0.2) is 12.5 Å². The first-order valence-electron chi connectivity index (χ1n) is 7.41. The normalized spacial score (nSPS) is 15.5. The monoisotopic (exact) mass is 278 g/mol. The lowest BCUT2D eigenvalue weighted by Crippen LogP contribution is -2.26. The van der Waals surface area contributed by atoms with Crippen molar-refractivity contribution in [3.8, 4) is 0 Å². The van der Waals surface area contributed by atoms with E-state index in [2.05, 4.69) is 5.32 Å². The first-order chi connectivity index (χ1) is 9.58. The maximum atomic E-state index is 13.9. The van der Waals surface area contributed by atoms with Gasteiger partial charge in [0.15, 0.2) is 0 Å². The Balaban J connectivity index is 1.82. The van der Waals surface area contributed by atoms with Crippen molar-refractivity contribution in [3.63, 3.8) is 0 Å². The first kappa shape index (κ1) is 14.8. The molecule has 1 aromatic rings. The van der Waals surface area contributed by atoms with Crippen LogP contribution in [0.1, 0.15) is 54.4 Å². The van der Waals surface area contributed by atoms with Gasteiger partial charge in [0.1, 0.15) is 5.82 Å². The summed E-state index contributed by atoms with van der Waals surface area (Å²) in [7, 11) is 0. The van der Waals surface area contributed by atoms with Crippen LogP contribution in [0.3, 0.4) is 0 Å². The van der Waals surface area contributed by atoms with E-state index in [1.807, 2.05) is 0 Å². The number of halogens is 1. The topological polar surface area (TPSA) is 55.1 Å². The summed E-state index contributed by atoms with van der Waals surface area (Å²) in [5.41, 5.74) is 6.52. The molecular weight excluding hydrogens is 255 g/mol. The summed E-state index contributed by atoms with van der Waals surface area (Å²) in [6, 6.07) is 2.93. The van der Waals surface area contributed by atoms with Crippen molar-refractivity contribution in [2.24, 2.45) is 5.92 Å². The lowest BCUT2D eigenvalue weighted by atomic mass is 10.0. The number of hydrogen-bond acceptors (Lipinski definition) is 2. The molecule has 3 N–H and O–H groups in total. The second-order valence-electron chi connectivity index (χ2n) is 5.75. The molecule has 0 bridgehead atoms. The number of nitrogens with one attached hydrogen (secondary N) is 1. The number of amides is 1. The molecule has 20 heavy (non-hydrogen) atoms. The van der Waals surface area contributed by atoms with Crippen molar-refractivity contribution in [1.82, 2.24) is 5.32 Å². The van der Waals surface area contributed by atoms with E-state index < -0.39 is 5.82 Å². The molecule has 1 aromatic carbocycles. The Kier molecular flexibility index (Phi) is 4.99. The summed E-state index contributed by atoms with van der Waals surface area (Å²) in [5, 5.41) is 2.78. The number of benzene rings is 1. The van der Waals surface area contributed by atoms with Gasteiger partial charge in [-0.3, -0.25) is 4.79 Å². The van der Waals surface area contributed by atoms with Gasteiger partial charge < -0.3 is 11.1 Å². The van der Waals surface area contributed by atoms with Crippen LogP contribution < -0.4 is 11.1 Å². The maximum Gasteiger partial charge on any atom is 0.254 e. The summed E-state index contributed by atoms with van der Waals surface area (Å²) in [5.74, 6) is -0.0323. The quantitative estimate of drug-likeness (QED) is 0.640. The van der Waals surface area contributed by atoms with Gasteiger partial charge in [0.05, 0.1) is 5.56 Å². The highest BCUT2D eigenvalue weighted by Crippen LogP contribution is 2.28. The van der Waals surface area contributed by atoms with E-state index in [1.165, 1.54) is 37.8 Å². The second kappa shape index (κ2) is 6.73. The van der Waals surface area contributed by atoms with E-state index >= 15 is 0 Å². The summed E-state index contributed by atoms with van der Waals surface area (Å²) in [4.78, 5) is 12.0. The Morgan fingerprint density at radius 2 is 2.10 bits per heavy atom. The molecule has 1 amide bonds. The van der Waals surface area contributed by atoms with E-state index in [0.29, 0.717) is 17.8 Å². The molecule has 0 atom stereocenters. The molecule has 4 heteroatoms. The minimum atomic E-state index is -0.479. The van der Waals surface area contributed by atoms with Gasteiger partial charge in [0.25, 0.3) is 5.91 Å². The highest BCUT2D eigenvalue weighted by atomic mass is 19.1. The molecular formula is C16H23FN2O. The molecule has 0 saturated heterocycles. The van der Waals surface area contributed by atoms with E-state index in [9.17, 15) is 9.18 Å². The Morgan fingerprint density at radius 1 is 1.40 bits per heavy atom. The summed E-state index contributed by atoms with van der Waals surface area (Å²) in [6.07, 6.45) is 7.42. The van der Waals surface area contributed by atoms with Gasteiger partial charge >= 0.3 is 0 Å². The predicted octanol–water partition coefficient (Wildman–Crippen LogP) is 3.42. The predicted molar refractivity (Wildman–Crippen MR) is 79.1 cm³/mol. The third kappa shape index (κ3) is 3.71. The summed E-state index contributed by atoms with van der Waals surface area (Å²) >= 11 is 0.